The SMILES string of the molecule is O=C(NCc1cn(-c2ccccc2)nc1-c1ccccc1)[C@H]1CS[C@]2(c3ccccc3)CCC(=O)N12. The lowest BCUT2D eigenvalue weighted by molar-refractivity contribution is -0.138. The number of thioether (sulfide) groups is 1. The largest absolute Gasteiger partial charge is 0.350 e. The van der Waals surface area contributed by atoms with Crippen molar-refractivity contribution >= 4 is 23.6 Å². The van der Waals surface area contributed by atoms with E-state index in [0.29, 0.717) is 18.7 Å². The van der Waals surface area contributed by atoms with Gasteiger partial charge in [-0.3, -0.25) is 9.59 Å². The number of hydrogen-bond donors (Lipinski definition) is 1. The molecule has 0 aliphatic carbocycles. The molecule has 3 heterocycles. The number of nitrogens with one attached hydrogen (secondary N) is 1. The zero-order valence-electron chi connectivity index (χ0n) is 19.7. The van der Waals surface area contributed by atoms with Crippen LogP contribution in [0.4, 0.5) is 0 Å². The van der Waals surface area contributed by atoms with Gasteiger partial charge < -0.3 is 10.2 Å². The first kappa shape index (κ1) is 22.6. The lowest BCUT2D eigenvalue weighted by atomic mass is 10.0. The van der Waals surface area contributed by atoms with Crippen molar-refractivity contribution in [3.8, 4) is 16.9 Å². The Balaban J connectivity index is 1.26. The summed E-state index contributed by atoms with van der Waals surface area (Å²) in [6, 6.07) is 29.5. The van der Waals surface area contributed by atoms with Gasteiger partial charge in [-0.1, -0.05) is 78.9 Å². The molecule has 3 aromatic carbocycles. The van der Waals surface area contributed by atoms with Gasteiger partial charge in [-0.2, -0.15) is 5.10 Å². The van der Waals surface area contributed by atoms with E-state index in [1.54, 1.807) is 11.8 Å². The molecule has 0 spiro atoms. The quantitative estimate of drug-likeness (QED) is 0.420. The third-order valence-electron chi connectivity index (χ3n) is 6.97. The Morgan fingerprint density at radius 1 is 0.972 bits per heavy atom. The number of fused-ring (bicyclic) bond motifs is 1. The smallest absolute Gasteiger partial charge is 0.244 e. The van der Waals surface area contributed by atoms with Crippen molar-refractivity contribution in [2.75, 3.05) is 5.75 Å². The molecule has 2 aliphatic heterocycles. The van der Waals surface area contributed by atoms with Gasteiger partial charge in [0.25, 0.3) is 0 Å². The highest BCUT2D eigenvalue weighted by molar-refractivity contribution is 8.00. The van der Waals surface area contributed by atoms with Crippen LogP contribution < -0.4 is 5.32 Å². The van der Waals surface area contributed by atoms with Gasteiger partial charge in [-0.15, -0.1) is 11.8 Å². The van der Waals surface area contributed by atoms with Crippen LogP contribution in [0, 0.1) is 0 Å². The number of benzene rings is 3. The second-order valence-corrected chi connectivity index (χ2v) is 10.4. The van der Waals surface area contributed by atoms with E-state index < -0.39 is 10.9 Å². The van der Waals surface area contributed by atoms with Crippen LogP contribution in [0.1, 0.15) is 24.0 Å². The molecule has 6 nitrogen and oxygen atoms in total. The van der Waals surface area contributed by atoms with Gasteiger partial charge in [0.1, 0.15) is 10.9 Å². The second kappa shape index (κ2) is 9.32. The Labute approximate surface area is 214 Å². The average molecular weight is 495 g/mol. The predicted octanol–water partition coefficient (Wildman–Crippen LogP) is 4.75. The standard InChI is InChI=1S/C29H26N4O2S/c34-26-16-17-29(23-12-6-2-7-13-23)33(26)25(20-36-29)28(35)30-18-22-19-32(24-14-8-3-9-15-24)31-27(22)21-10-4-1-5-11-21/h1-15,19,25H,16-18,20H2,(H,30,35)/t25-,29+/m1/s1. The Kier molecular flexibility index (Phi) is 5.85. The molecule has 36 heavy (non-hydrogen) atoms. The first-order valence-electron chi connectivity index (χ1n) is 12.1. The number of nitrogens with zero attached hydrogens (tertiary/aromatic N) is 3. The minimum Gasteiger partial charge on any atom is -0.350 e. The summed E-state index contributed by atoms with van der Waals surface area (Å²) in [6.45, 7) is 0.331. The van der Waals surface area contributed by atoms with Gasteiger partial charge in [0, 0.05) is 36.0 Å². The van der Waals surface area contributed by atoms with E-state index in [4.69, 9.17) is 5.10 Å². The van der Waals surface area contributed by atoms with Gasteiger partial charge in [-0.25, -0.2) is 4.68 Å². The lowest BCUT2D eigenvalue weighted by Crippen LogP contribution is -2.49. The number of para-hydroxylation sites is 1. The minimum absolute atomic E-state index is 0.0471. The maximum absolute atomic E-state index is 13.5. The first-order valence-corrected chi connectivity index (χ1v) is 13.1. The van der Waals surface area contributed by atoms with E-state index in [0.717, 1.165) is 34.5 Å². The molecule has 0 bridgehead atoms. The van der Waals surface area contributed by atoms with Crippen molar-refractivity contribution in [2.45, 2.75) is 30.3 Å². The molecule has 0 radical (unpaired) electrons. The summed E-state index contributed by atoms with van der Waals surface area (Å²) in [4.78, 5) is 27.8. The van der Waals surface area contributed by atoms with E-state index in [2.05, 4.69) is 17.4 Å². The number of carbonyl (C=O) groups excluding carboxylic acids is 2. The Bertz CT molecular complexity index is 1390. The van der Waals surface area contributed by atoms with Gasteiger partial charge in [-0.05, 0) is 24.1 Å². The normalized spacial score (nSPS) is 20.9. The molecule has 7 heteroatoms. The minimum atomic E-state index is -0.491. The van der Waals surface area contributed by atoms with E-state index in [1.807, 2.05) is 94.6 Å². The van der Waals surface area contributed by atoms with Crippen LogP contribution in [0.5, 0.6) is 0 Å². The van der Waals surface area contributed by atoms with Crippen LogP contribution in [-0.2, 0) is 21.0 Å². The number of hydrogen-bond acceptors (Lipinski definition) is 4. The summed E-state index contributed by atoms with van der Waals surface area (Å²) >= 11 is 1.70. The molecule has 4 aromatic rings. The molecular formula is C29H26N4O2S. The zero-order valence-corrected chi connectivity index (χ0v) is 20.5. The summed E-state index contributed by atoms with van der Waals surface area (Å²) in [5.41, 5.74) is 4.79. The number of amides is 2. The summed E-state index contributed by atoms with van der Waals surface area (Å²) < 4.78 is 1.85. The molecule has 180 valence electrons. The topological polar surface area (TPSA) is 67.2 Å². The van der Waals surface area contributed by atoms with Crippen LogP contribution in [0.25, 0.3) is 16.9 Å². The van der Waals surface area contributed by atoms with Gasteiger partial charge >= 0.3 is 0 Å². The fourth-order valence-corrected chi connectivity index (χ4v) is 6.88. The van der Waals surface area contributed by atoms with E-state index in [9.17, 15) is 9.59 Å². The summed E-state index contributed by atoms with van der Waals surface area (Å²) in [6.07, 6.45) is 3.16. The lowest BCUT2D eigenvalue weighted by Gasteiger charge is -2.34. The monoisotopic (exact) mass is 494 g/mol. The van der Waals surface area contributed by atoms with E-state index >= 15 is 0 Å². The van der Waals surface area contributed by atoms with Crippen LogP contribution in [0.2, 0.25) is 0 Å². The van der Waals surface area contributed by atoms with Gasteiger partial charge in [0.15, 0.2) is 0 Å². The molecule has 2 amide bonds. The average Bonchev–Trinajstić information content (AvgIpc) is 3.63. The molecule has 2 fully saturated rings. The van der Waals surface area contributed by atoms with Crippen molar-refractivity contribution < 1.29 is 9.59 Å². The van der Waals surface area contributed by atoms with E-state index in [-0.39, 0.29) is 11.8 Å². The summed E-state index contributed by atoms with van der Waals surface area (Å²) in [7, 11) is 0. The van der Waals surface area contributed by atoms with Crippen molar-refractivity contribution in [3.63, 3.8) is 0 Å². The Hall–Kier alpha value is -3.84. The molecule has 2 saturated heterocycles. The fraction of sp³-hybridized carbons (Fsp3) is 0.207. The highest BCUT2D eigenvalue weighted by Gasteiger charge is 2.56. The molecule has 2 aliphatic rings. The van der Waals surface area contributed by atoms with Gasteiger partial charge in [0.2, 0.25) is 11.8 Å². The highest BCUT2D eigenvalue weighted by Crippen LogP contribution is 2.54. The third-order valence-corrected chi connectivity index (χ3v) is 8.56. The Morgan fingerprint density at radius 3 is 2.36 bits per heavy atom. The van der Waals surface area contributed by atoms with Crippen molar-refractivity contribution in [3.05, 3.63) is 108 Å². The molecule has 0 unspecified atom stereocenters. The van der Waals surface area contributed by atoms with Crippen molar-refractivity contribution in [2.24, 2.45) is 0 Å². The van der Waals surface area contributed by atoms with Crippen LogP contribution in [0.3, 0.4) is 0 Å². The Morgan fingerprint density at radius 2 is 1.64 bits per heavy atom. The van der Waals surface area contributed by atoms with Gasteiger partial charge in [0.05, 0.1) is 11.4 Å². The molecule has 1 aromatic heterocycles. The zero-order chi connectivity index (χ0) is 24.5. The third kappa shape index (κ3) is 3.89. The number of aromatic nitrogens is 2. The number of rotatable bonds is 6. The molecule has 1 N–H and O–H groups in total. The highest BCUT2D eigenvalue weighted by atomic mass is 32.2. The maximum atomic E-state index is 13.5. The molecule has 6 rings (SSSR count). The van der Waals surface area contributed by atoms with E-state index in [1.165, 1.54) is 0 Å². The fourth-order valence-electron chi connectivity index (χ4n) is 5.23. The molecular weight excluding hydrogens is 468 g/mol. The maximum Gasteiger partial charge on any atom is 0.244 e. The summed E-state index contributed by atoms with van der Waals surface area (Å²) in [5.74, 6) is 0.509. The molecule has 0 saturated carbocycles. The first-order chi connectivity index (χ1) is 17.7. The van der Waals surface area contributed by atoms with Crippen LogP contribution in [0.15, 0.2) is 97.2 Å². The van der Waals surface area contributed by atoms with Crippen LogP contribution >= 0.6 is 11.8 Å². The van der Waals surface area contributed by atoms with Crippen LogP contribution in [-0.4, -0.2) is 38.3 Å². The second-order valence-electron chi connectivity index (χ2n) is 9.11. The van der Waals surface area contributed by atoms with Crippen molar-refractivity contribution in [1.82, 2.24) is 20.0 Å². The summed E-state index contributed by atoms with van der Waals surface area (Å²) in [5, 5.41) is 7.96. The molecule has 2 atom stereocenters. The van der Waals surface area contributed by atoms with Crippen molar-refractivity contribution in [1.29, 1.82) is 0 Å². The number of carbonyl (C=O) groups is 2. The predicted molar refractivity (Wildman–Crippen MR) is 141 cm³/mol.